The molecule has 166 valence electrons. The number of benzene rings is 3. The molecule has 0 aliphatic rings. The van der Waals surface area contributed by atoms with E-state index in [1.807, 2.05) is 0 Å². The second-order valence-corrected chi connectivity index (χ2v) is 7.81. The van der Waals surface area contributed by atoms with Crippen LogP contribution in [0.3, 0.4) is 0 Å². The highest BCUT2D eigenvalue weighted by molar-refractivity contribution is 6.42. The molecule has 10 heteroatoms. The maximum absolute atomic E-state index is 13.4. The molecule has 0 radical (unpaired) electrons. The quantitative estimate of drug-likeness (QED) is 0.354. The SMILES string of the molecule is O=C(Nc1cccc(F)c1)C(=O)Nn1c(C(=O)Nc2cccc(Cl)c2)cc2cc(Cl)ccc21. The third kappa shape index (κ3) is 5.14. The summed E-state index contributed by atoms with van der Waals surface area (Å²) in [5.74, 6) is -3.24. The zero-order valence-corrected chi connectivity index (χ0v) is 18.2. The maximum atomic E-state index is 13.4. The maximum Gasteiger partial charge on any atom is 0.328 e. The number of fused-ring (bicyclic) bond motifs is 1. The molecule has 4 aromatic rings. The van der Waals surface area contributed by atoms with Gasteiger partial charge in [-0.1, -0.05) is 35.3 Å². The van der Waals surface area contributed by atoms with E-state index >= 15 is 0 Å². The summed E-state index contributed by atoms with van der Waals surface area (Å²) in [6.45, 7) is 0. The zero-order valence-electron chi connectivity index (χ0n) is 16.7. The second-order valence-electron chi connectivity index (χ2n) is 6.94. The van der Waals surface area contributed by atoms with Crippen LogP contribution < -0.4 is 16.1 Å². The molecule has 0 saturated carbocycles. The van der Waals surface area contributed by atoms with Crippen LogP contribution in [0.4, 0.5) is 15.8 Å². The number of nitrogens with one attached hydrogen (secondary N) is 3. The van der Waals surface area contributed by atoms with Crippen LogP contribution in [0.15, 0.2) is 72.8 Å². The highest BCUT2D eigenvalue weighted by Gasteiger charge is 2.21. The van der Waals surface area contributed by atoms with Crippen molar-refractivity contribution in [3.63, 3.8) is 0 Å². The normalized spacial score (nSPS) is 10.6. The van der Waals surface area contributed by atoms with Crippen molar-refractivity contribution >= 4 is 63.2 Å². The summed E-state index contributed by atoms with van der Waals surface area (Å²) in [4.78, 5) is 37.9. The molecule has 0 unspecified atom stereocenters. The van der Waals surface area contributed by atoms with Crippen molar-refractivity contribution in [2.24, 2.45) is 0 Å². The van der Waals surface area contributed by atoms with Crippen molar-refractivity contribution in [2.45, 2.75) is 0 Å². The average Bonchev–Trinajstić information content (AvgIpc) is 3.11. The van der Waals surface area contributed by atoms with E-state index in [2.05, 4.69) is 16.1 Å². The van der Waals surface area contributed by atoms with E-state index in [0.717, 1.165) is 6.07 Å². The zero-order chi connectivity index (χ0) is 23.5. The van der Waals surface area contributed by atoms with Gasteiger partial charge < -0.3 is 10.6 Å². The number of aromatic nitrogens is 1. The van der Waals surface area contributed by atoms with Crippen LogP contribution in [0.5, 0.6) is 0 Å². The molecular weight excluding hydrogens is 470 g/mol. The predicted molar refractivity (Wildman–Crippen MR) is 126 cm³/mol. The van der Waals surface area contributed by atoms with Gasteiger partial charge in [0.1, 0.15) is 11.5 Å². The monoisotopic (exact) mass is 484 g/mol. The topological polar surface area (TPSA) is 92.2 Å². The fraction of sp³-hybridized carbons (Fsp3) is 0. The number of hydrogen-bond acceptors (Lipinski definition) is 3. The van der Waals surface area contributed by atoms with Crippen LogP contribution in [0.2, 0.25) is 10.0 Å². The Morgan fingerprint density at radius 2 is 1.45 bits per heavy atom. The Labute approximate surface area is 197 Å². The van der Waals surface area contributed by atoms with Crippen molar-refractivity contribution in [3.05, 3.63) is 94.4 Å². The van der Waals surface area contributed by atoms with Gasteiger partial charge in [0.05, 0.1) is 5.52 Å². The van der Waals surface area contributed by atoms with Crippen molar-refractivity contribution < 1.29 is 18.8 Å². The lowest BCUT2D eigenvalue weighted by Gasteiger charge is -2.13. The van der Waals surface area contributed by atoms with Gasteiger partial charge in [-0.2, -0.15) is 0 Å². The first-order valence-corrected chi connectivity index (χ1v) is 10.3. The Hall–Kier alpha value is -3.88. The number of carbonyl (C=O) groups excluding carboxylic acids is 3. The molecule has 0 bridgehead atoms. The molecule has 3 amide bonds. The van der Waals surface area contributed by atoms with Gasteiger partial charge in [0.15, 0.2) is 0 Å². The minimum atomic E-state index is -1.07. The number of anilines is 2. The Bertz CT molecular complexity index is 1400. The van der Waals surface area contributed by atoms with Gasteiger partial charge in [-0.15, -0.1) is 0 Å². The van der Waals surface area contributed by atoms with Gasteiger partial charge in [0, 0.05) is 26.8 Å². The first-order chi connectivity index (χ1) is 15.8. The first kappa shape index (κ1) is 22.3. The molecule has 0 fully saturated rings. The van der Waals surface area contributed by atoms with Crippen LogP contribution in [-0.4, -0.2) is 22.4 Å². The predicted octanol–water partition coefficient (Wildman–Crippen LogP) is 5.05. The van der Waals surface area contributed by atoms with Crippen LogP contribution in [0, 0.1) is 5.82 Å². The fourth-order valence-corrected chi connectivity index (χ4v) is 3.51. The lowest BCUT2D eigenvalue weighted by atomic mass is 10.2. The van der Waals surface area contributed by atoms with Crippen molar-refractivity contribution in [3.8, 4) is 0 Å². The van der Waals surface area contributed by atoms with E-state index in [-0.39, 0.29) is 11.4 Å². The molecule has 3 N–H and O–H groups in total. The Morgan fingerprint density at radius 1 is 0.758 bits per heavy atom. The third-order valence-electron chi connectivity index (χ3n) is 4.58. The Morgan fingerprint density at radius 3 is 2.18 bits per heavy atom. The molecular formula is C23H15Cl2FN4O3. The summed E-state index contributed by atoms with van der Waals surface area (Å²) in [6.07, 6.45) is 0. The number of hydrogen-bond donors (Lipinski definition) is 3. The van der Waals surface area contributed by atoms with Crippen LogP contribution in [-0.2, 0) is 9.59 Å². The largest absolute Gasteiger partial charge is 0.328 e. The number of halogens is 3. The minimum absolute atomic E-state index is 0.0409. The molecule has 0 spiro atoms. The molecule has 0 aliphatic carbocycles. The molecule has 1 aromatic heterocycles. The number of carbonyl (C=O) groups is 3. The van der Waals surface area contributed by atoms with Crippen molar-refractivity contribution in [1.82, 2.24) is 4.68 Å². The van der Waals surface area contributed by atoms with E-state index in [4.69, 9.17) is 23.2 Å². The molecule has 3 aromatic carbocycles. The molecule has 7 nitrogen and oxygen atoms in total. The van der Waals surface area contributed by atoms with E-state index in [9.17, 15) is 18.8 Å². The lowest BCUT2D eigenvalue weighted by molar-refractivity contribution is -0.133. The van der Waals surface area contributed by atoms with E-state index < -0.39 is 23.5 Å². The number of amides is 3. The molecule has 4 rings (SSSR count). The summed E-state index contributed by atoms with van der Waals surface area (Å²) in [5.41, 5.74) is 3.43. The van der Waals surface area contributed by atoms with Crippen LogP contribution in [0.1, 0.15) is 10.5 Å². The second kappa shape index (κ2) is 9.32. The average molecular weight is 485 g/mol. The Kier molecular flexibility index (Phi) is 6.30. The van der Waals surface area contributed by atoms with Gasteiger partial charge in [-0.3, -0.25) is 19.8 Å². The summed E-state index contributed by atoms with van der Waals surface area (Å²) < 4.78 is 14.5. The van der Waals surface area contributed by atoms with Crippen molar-refractivity contribution in [2.75, 3.05) is 16.1 Å². The van der Waals surface area contributed by atoms with Gasteiger partial charge in [0.25, 0.3) is 5.91 Å². The van der Waals surface area contributed by atoms with Gasteiger partial charge in [0.2, 0.25) is 0 Å². The molecule has 33 heavy (non-hydrogen) atoms. The van der Waals surface area contributed by atoms with Gasteiger partial charge in [-0.05, 0) is 60.7 Å². The summed E-state index contributed by atoms with van der Waals surface area (Å²) in [7, 11) is 0. The van der Waals surface area contributed by atoms with Gasteiger partial charge >= 0.3 is 11.8 Å². The minimum Gasteiger partial charge on any atom is -0.321 e. The third-order valence-corrected chi connectivity index (χ3v) is 5.05. The van der Waals surface area contributed by atoms with Gasteiger partial charge in [-0.25, -0.2) is 9.07 Å². The smallest absolute Gasteiger partial charge is 0.321 e. The summed E-state index contributed by atoms with van der Waals surface area (Å²) >= 11 is 12.0. The number of nitrogens with zero attached hydrogens (tertiary/aromatic N) is 1. The standard InChI is InChI=1S/C23H15Cl2FN4O3/c24-14-3-1-5-17(11-14)27-21(31)20-10-13-9-15(25)7-8-19(13)30(20)29-23(33)22(32)28-18-6-2-4-16(26)12-18/h1-12H,(H,27,31)(H,28,32)(H,29,33). The lowest BCUT2D eigenvalue weighted by Crippen LogP contribution is -2.36. The first-order valence-electron chi connectivity index (χ1n) is 9.56. The molecule has 0 aliphatic heterocycles. The van der Waals surface area contributed by atoms with E-state index in [1.165, 1.54) is 28.9 Å². The Balaban J connectivity index is 1.63. The van der Waals surface area contributed by atoms with Crippen LogP contribution in [0.25, 0.3) is 10.9 Å². The molecule has 0 atom stereocenters. The highest BCUT2D eigenvalue weighted by atomic mass is 35.5. The number of rotatable bonds is 4. The molecule has 0 saturated heterocycles. The summed E-state index contributed by atoms with van der Waals surface area (Å²) in [5, 5.41) is 6.42. The highest BCUT2D eigenvalue weighted by Crippen LogP contribution is 2.24. The van der Waals surface area contributed by atoms with E-state index in [1.54, 1.807) is 42.5 Å². The fourth-order valence-electron chi connectivity index (χ4n) is 3.14. The molecule has 1 heterocycles. The summed E-state index contributed by atoms with van der Waals surface area (Å²) in [6, 6.07) is 18.0. The van der Waals surface area contributed by atoms with Crippen molar-refractivity contribution in [1.29, 1.82) is 0 Å². The van der Waals surface area contributed by atoms with E-state index in [0.29, 0.717) is 26.6 Å². The van der Waals surface area contributed by atoms with Crippen LogP contribution >= 0.6 is 23.2 Å².